The first-order valence-electron chi connectivity index (χ1n) is 7.42. The number of benzene rings is 1. The molecule has 2 aliphatic rings. The van der Waals surface area contributed by atoms with Crippen LogP contribution >= 0.6 is 12.2 Å². The number of hydrogen-bond acceptors (Lipinski definition) is 1. The van der Waals surface area contributed by atoms with Crippen LogP contribution < -0.4 is 0 Å². The Morgan fingerprint density at radius 3 is 2.58 bits per heavy atom. The maximum atomic E-state index is 5.55. The number of para-hydroxylation sites is 1. The second-order valence-corrected chi connectivity index (χ2v) is 6.74. The number of nitrogens with one attached hydrogen (secondary N) is 1. The molecule has 1 N–H and O–H groups in total. The molecule has 1 aromatic carbocycles. The van der Waals surface area contributed by atoms with E-state index >= 15 is 0 Å². The Kier molecular flexibility index (Phi) is 2.59. The molecule has 0 radical (unpaired) electrons. The SMILES string of the molecule is Cc1cccc2[nH]c(=S)n(CC(C3CC3)C3CC3)c12. The molecule has 100 valence electrons. The summed E-state index contributed by atoms with van der Waals surface area (Å²) < 4.78 is 3.26. The molecule has 0 aliphatic heterocycles. The number of hydrogen-bond donors (Lipinski definition) is 1. The molecular weight excluding hydrogens is 252 g/mol. The fourth-order valence-electron chi connectivity index (χ4n) is 3.52. The van der Waals surface area contributed by atoms with E-state index in [-0.39, 0.29) is 0 Å². The topological polar surface area (TPSA) is 20.7 Å². The van der Waals surface area contributed by atoms with Crippen molar-refractivity contribution in [1.82, 2.24) is 9.55 Å². The van der Waals surface area contributed by atoms with Crippen LogP contribution in [0.5, 0.6) is 0 Å². The minimum Gasteiger partial charge on any atom is -0.331 e. The molecule has 2 saturated carbocycles. The standard InChI is InChI=1S/C16H20N2S/c1-10-3-2-4-14-15(10)18(16(19)17-14)9-13(11-5-6-11)12-7-8-12/h2-4,11-13H,5-9H2,1H3,(H,17,19). The zero-order valence-corrected chi connectivity index (χ0v) is 12.2. The highest BCUT2D eigenvalue weighted by Gasteiger charge is 2.41. The van der Waals surface area contributed by atoms with Crippen LogP contribution in [0.2, 0.25) is 0 Å². The van der Waals surface area contributed by atoms with Crippen molar-refractivity contribution in [3.8, 4) is 0 Å². The number of fused-ring (bicyclic) bond motifs is 1. The van der Waals surface area contributed by atoms with Crippen molar-refractivity contribution < 1.29 is 0 Å². The van der Waals surface area contributed by atoms with Crippen LogP contribution in [0, 0.1) is 29.4 Å². The van der Waals surface area contributed by atoms with E-state index in [2.05, 4.69) is 34.7 Å². The maximum Gasteiger partial charge on any atom is 0.178 e. The Hall–Kier alpha value is -1.09. The van der Waals surface area contributed by atoms with Gasteiger partial charge in [-0.1, -0.05) is 12.1 Å². The van der Waals surface area contributed by atoms with Gasteiger partial charge in [-0.2, -0.15) is 0 Å². The van der Waals surface area contributed by atoms with Gasteiger partial charge in [-0.05, 0) is 74.2 Å². The number of aryl methyl sites for hydroxylation is 1. The van der Waals surface area contributed by atoms with Crippen molar-refractivity contribution in [1.29, 1.82) is 0 Å². The fourth-order valence-corrected chi connectivity index (χ4v) is 3.79. The minimum atomic E-state index is 0.866. The monoisotopic (exact) mass is 272 g/mol. The highest BCUT2D eigenvalue weighted by atomic mass is 32.1. The Bertz CT molecular complexity index is 662. The summed E-state index contributed by atoms with van der Waals surface area (Å²) in [5.41, 5.74) is 3.84. The van der Waals surface area contributed by atoms with E-state index in [1.54, 1.807) is 0 Å². The second-order valence-electron chi connectivity index (χ2n) is 6.35. The van der Waals surface area contributed by atoms with Crippen molar-refractivity contribution in [3.63, 3.8) is 0 Å². The van der Waals surface area contributed by atoms with Crippen molar-refractivity contribution in [2.24, 2.45) is 17.8 Å². The van der Waals surface area contributed by atoms with Crippen molar-refractivity contribution in [3.05, 3.63) is 28.5 Å². The van der Waals surface area contributed by atoms with E-state index in [1.807, 2.05) is 0 Å². The van der Waals surface area contributed by atoms with Gasteiger partial charge in [-0.25, -0.2) is 0 Å². The average Bonchev–Trinajstić information content (AvgIpc) is 3.25. The third kappa shape index (κ3) is 2.04. The molecule has 1 aromatic heterocycles. The van der Waals surface area contributed by atoms with Crippen LogP contribution in [-0.2, 0) is 6.54 Å². The van der Waals surface area contributed by atoms with E-state index < -0.39 is 0 Å². The maximum absolute atomic E-state index is 5.55. The summed E-state index contributed by atoms with van der Waals surface area (Å²) in [6, 6.07) is 6.43. The molecule has 0 atom stereocenters. The fraction of sp³-hybridized carbons (Fsp3) is 0.562. The highest BCUT2D eigenvalue weighted by Crippen LogP contribution is 2.50. The summed E-state index contributed by atoms with van der Waals surface area (Å²) >= 11 is 5.55. The van der Waals surface area contributed by atoms with E-state index in [0.29, 0.717) is 0 Å². The summed E-state index contributed by atoms with van der Waals surface area (Å²) in [6.07, 6.45) is 5.76. The van der Waals surface area contributed by atoms with Gasteiger partial charge in [0.25, 0.3) is 0 Å². The van der Waals surface area contributed by atoms with Crippen LogP contribution in [0.15, 0.2) is 18.2 Å². The number of aromatic nitrogens is 2. The van der Waals surface area contributed by atoms with Crippen LogP contribution in [0.3, 0.4) is 0 Å². The molecular formula is C16H20N2S. The lowest BCUT2D eigenvalue weighted by Crippen LogP contribution is -2.15. The van der Waals surface area contributed by atoms with Crippen molar-refractivity contribution >= 4 is 23.3 Å². The summed E-state index contributed by atoms with van der Waals surface area (Å²) in [6.45, 7) is 3.31. The van der Waals surface area contributed by atoms with Gasteiger partial charge in [-0.3, -0.25) is 0 Å². The molecule has 0 bridgehead atoms. The first-order chi connectivity index (χ1) is 9.24. The highest BCUT2D eigenvalue weighted by molar-refractivity contribution is 7.71. The normalized spacial score (nSPS) is 19.5. The predicted octanol–water partition coefficient (Wildman–Crippen LogP) is 4.44. The Balaban J connectivity index is 1.77. The van der Waals surface area contributed by atoms with Gasteiger partial charge in [0.1, 0.15) is 0 Å². The summed E-state index contributed by atoms with van der Waals surface area (Å²) in [7, 11) is 0. The molecule has 0 unspecified atom stereocenters. The molecule has 0 saturated heterocycles. The van der Waals surface area contributed by atoms with Crippen LogP contribution in [0.4, 0.5) is 0 Å². The second kappa shape index (κ2) is 4.20. The van der Waals surface area contributed by atoms with Crippen LogP contribution in [0.1, 0.15) is 31.2 Å². The number of rotatable bonds is 4. The largest absolute Gasteiger partial charge is 0.331 e. The van der Waals surface area contributed by atoms with Gasteiger partial charge < -0.3 is 9.55 Å². The van der Waals surface area contributed by atoms with Gasteiger partial charge in [0, 0.05) is 6.54 Å². The molecule has 3 heteroatoms. The predicted molar refractivity (Wildman–Crippen MR) is 80.8 cm³/mol. The molecule has 1 heterocycles. The van der Waals surface area contributed by atoms with Gasteiger partial charge in [0.15, 0.2) is 4.77 Å². The quantitative estimate of drug-likeness (QED) is 0.816. The first kappa shape index (κ1) is 11.7. The lowest BCUT2D eigenvalue weighted by atomic mass is 9.98. The van der Waals surface area contributed by atoms with Gasteiger partial charge >= 0.3 is 0 Å². The third-order valence-electron chi connectivity index (χ3n) is 4.84. The van der Waals surface area contributed by atoms with Crippen molar-refractivity contribution in [2.75, 3.05) is 0 Å². The van der Waals surface area contributed by atoms with Crippen molar-refractivity contribution in [2.45, 2.75) is 39.2 Å². The Morgan fingerprint density at radius 1 is 1.26 bits per heavy atom. The molecule has 2 nitrogen and oxygen atoms in total. The summed E-state index contributed by atoms with van der Waals surface area (Å²) in [4.78, 5) is 3.37. The number of imidazole rings is 1. The van der Waals surface area contributed by atoms with E-state index in [4.69, 9.17) is 12.2 Å². The van der Waals surface area contributed by atoms with Gasteiger partial charge in [0.2, 0.25) is 0 Å². The molecule has 2 fully saturated rings. The molecule has 2 aromatic rings. The minimum absolute atomic E-state index is 0.866. The molecule has 2 aliphatic carbocycles. The van der Waals surface area contributed by atoms with E-state index in [9.17, 15) is 0 Å². The molecule has 19 heavy (non-hydrogen) atoms. The Labute approximate surface area is 118 Å². The van der Waals surface area contributed by atoms with Gasteiger partial charge in [0.05, 0.1) is 11.0 Å². The van der Waals surface area contributed by atoms with E-state index in [0.717, 1.165) is 29.1 Å². The zero-order valence-electron chi connectivity index (χ0n) is 11.4. The lowest BCUT2D eigenvalue weighted by Gasteiger charge is -2.17. The summed E-state index contributed by atoms with van der Waals surface area (Å²) in [5, 5.41) is 0. The van der Waals surface area contributed by atoms with Gasteiger partial charge in [-0.15, -0.1) is 0 Å². The number of aromatic amines is 1. The molecule has 0 spiro atoms. The Morgan fingerprint density at radius 2 is 1.95 bits per heavy atom. The molecule has 4 rings (SSSR count). The first-order valence-corrected chi connectivity index (χ1v) is 7.83. The number of nitrogens with zero attached hydrogens (tertiary/aromatic N) is 1. The lowest BCUT2D eigenvalue weighted by molar-refractivity contribution is 0.351. The summed E-state index contributed by atoms with van der Waals surface area (Å²) in [5.74, 6) is 2.82. The zero-order chi connectivity index (χ0) is 13.0. The van der Waals surface area contributed by atoms with Crippen LogP contribution in [0.25, 0.3) is 11.0 Å². The van der Waals surface area contributed by atoms with Crippen LogP contribution in [-0.4, -0.2) is 9.55 Å². The average molecular weight is 272 g/mol. The smallest absolute Gasteiger partial charge is 0.178 e. The third-order valence-corrected chi connectivity index (χ3v) is 5.17. The molecule has 0 amide bonds. The van der Waals surface area contributed by atoms with E-state index in [1.165, 1.54) is 42.3 Å². The number of H-pyrrole nitrogens is 1.